The first-order valence-electron chi connectivity index (χ1n) is 18.4. The zero-order valence-corrected chi connectivity index (χ0v) is 29.6. The first-order valence-corrected chi connectivity index (χ1v) is 18.4. The molecule has 0 unspecified atom stereocenters. The maximum Gasteiger partial charge on any atom is 0.0783 e. The van der Waals surface area contributed by atoms with Gasteiger partial charge in [-0.05, 0) is 120 Å². The van der Waals surface area contributed by atoms with Crippen molar-refractivity contribution >= 4 is 66.7 Å². The molecule has 4 nitrogen and oxygen atoms in total. The van der Waals surface area contributed by atoms with E-state index in [1.165, 1.54) is 32.6 Å². The first-order chi connectivity index (χ1) is 26.8. The fourth-order valence-electron chi connectivity index (χ4n) is 7.89. The number of rotatable bonds is 8. The minimum atomic E-state index is 1.10. The van der Waals surface area contributed by atoms with Crippen molar-refractivity contribution in [3.8, 4) is 11.4 Å². The predicted octanol–water partition coefficient (Wildman–Crippen LogP) is 13.7. The molecular formula is C50H36N4. The number of nitrogens with zero attached hydrogens (tertiary/aromatic N) is 4. The minimum Gasteiger partial charge on any atom is -0.315 e. The maximum absolute atomic E-state index is 2.35. The highest BCUT2D eigenvalue weighted by Gasteiger charge is 2.19. The third-order valence-electron chi connectivity index (χ3n) is 10.3. The summed E-state index contributed by atoms with van der Waals surface area (Å²) >= 11 is 0. The molecule has 8 aromatic carbocycles. The zero-order chi connectivity index (χ0) is 35.8. The van der Waals surface area contributed by atoms with Crippen LogP contribution in [-0.2, 0) is 0 Å². The lowest BCUT2D eigenvalue weighted by molar-refractivity contribution is 1.10. The number of aromatic nitrogens is 2. The van der Waals surface area contributed by atoms with E-state index in [0.717, 1.165) is 45.5 Å². The summed E-state index contributed by atoms with van der Waals surface area (Å²) in [5.74, 6) is 0. The molecule has 2 aromatic heterocycles. The van der Waals surface area contributed by atoms with Crippen LogP contribution in [0.2, 0.25) is 0 Å². The van der Waals surface area contributed by atoms with Crippen molar-refractivity contribution in [1.29, 1.82) is 0 Å². The largest absolute Gasteiger partial charge is 0.315 e. The summed E-state index contributed by atoms with van der Waals surface area (Å²) in [6.45, 7) is 0. The quantitative estimate of drug-likeness (QED) is 0.158. The van der Waals surface area contributed by atoms with Crippen LogP contribution in [0.4, 0.5) is 34.1 Å². The normalized spacial score (nSPS) is 11.3. The van der Waals surface area contributed by atoms with E-state index in [1.54, 1.807) is 0 Å². The molecule has 10 aromatic rings. The second-order valence-corrected chi connectivity index (χ2v) is 13.5. The van der Waals surface area contributed by atoms with Gasteiger partial charge in [-0.2, -0.15) is 0 Å². The number of para-hydroxylation sites is 4. The van der Waals surface area contributed by atoms with Gasteiger partial charge in [0.25, 0.3) is 0 Å². The van der Waals surface area contributed by atoms with E-state index in [-0.39, 0.29) is 0 Å². The van der Waals surface area contributed by atoms with E-state index >= 15 is 0 Å². The molecule has 0 atom stereocenters. The molecule has 0 saturated heterocycles. The van der Waals surface area contributed by atoms with Crippen LogP contribution >= 0.6 is 0 Å². The average molecular weight is 693 g/mol. The predicted molar refractivity (Wildman–Crippen MR) is 227 cm³/mol. The maximum atomic E-state index is 2.35. The van der Waals surface area contributed by atoms with Gasteiger partial charge in [-0.3, -0.25) is 0 Å². The molecule has 2 heterocycles. The van der Waals surface area contributed by atoms with Crippen LogP contribution in [-0.4, -0.2) is 9.13 Å². The minimum absolute atomic E-state index is 1.10. The molecule has 0 saturated carbocycles. The highest BCUT2D eigenvalue weighted by atomic mass is 15.1. The Kier molecular flexibility index (Phi) is 7.77. The molecular weight excluding hydrogens is 657 g/mol. The van der Waals surface area contributed by atoms with Crippen molar-refractivity contribution in [3.05, 3.63) is 219 Å². The molecule has 0 aliphatic carbocycles. The Hall–Kier alpha value is -7.30. The van der Waals surface area contributed by atoms with E-state index in [2.05, 4.69) is 238 Å². The topological polar surface area (TPSA) is 16.3 Å². The molecule has 0 fully saturated rings. The summed E-state index contributed by atoms with van der Waals surface area (Å²) in [7, 11) is 0. The number of hydrogen-bond donors (Lipinski definition) is 0. The van der Waals surface area contributed by atoms with Gasteiger partial charge in [0.05, 0.1) is 11.0 Å². The molecule has 0 bridgehead atoms. The Morgan fingerprint density at radius 3 is 0.833 bits per heavy atom. The van der Waals surface area contributed by atoms with Crippen molar-refractivity contribution < 1.29 is 0 Å². The number of fused-ring (bicyclic) bond motifs is 6. The lowest BCUT2D eigenvalue weighted by Gasteiger charge is -2.25. The molecule has 256 valence electrons. The molecule has 0 spiro atoms. The molecule has 10 rings (SSSR count). The van der Waals surface area contributed by atoms with Gasteiger partial charge in [0, 0.05) is 68.7 Å². The molecule has 0 aliphatic heterocycles. The van der Waals surface area contributed by atoms with Gasteiger partial charge >= 0.3 is 0 Å². The summed E-state index contributed by atoms with van der Waals surface area (Å²) in [5, 5.41) is 4.97. The number of anilines is 6. The third-order valence-corrected chi connectivity index (χ3v) is 10.3. The van der Waals surface area contributed by atoms with Crippen LogP contribution < -0.4 is 9.80 Å². The summed E-state index contributed by atoms with van der Waals surface area (Å²) in [6, 6.07) is 73.4. The molecule has 0 N–H and O–H groups in total. The van der Waals surface area contributed by atoms with Gasteiger partial charge in [0.1, 0.15) is 0 Å². The van der Waals surface area contributed by atoms with Crippen LogP contribution in [0.25, 0.3) is 44.0 Å². The van der Waals surface area contributed by atoms with Crippen molar-refractivity contribution in [1.82, 2.24) is 9.13 Å². The Morgan fingerprint density at radius 2 is 0.519 bits per heavy atom. The fourth-order valence-corrected chi connectivity index (χ4v) is 7.89. The Bertz CT molecular complexity index is 2560. The van der Waals surface area contributed by atoms with Gasteiger partial charge in [-0.25, -0.2) is 0 Å². The van der Waals surface area contributed by atoms with E-state index in [0.29, 0.717) is 0 Å². The zero-order valence-electron chi connectivity index (χ0n) is 29.6. The van der Waals surface area contributed by atoms with Gasteiger partial charge in [-0.1, -0.05) is 97.1 Å². The molecule has 0 radical (unpaired) electrons. The summed E-state index contributed by atoms with van der Waals surface area (Å²) in [4.78, 5) is 4.60. The van der Waals surface area contributed by atoms with Crippen molar-refractivity contribution in [2.75, 3.05) is 9.80 Å². The molecule has 4 heteroatoms. The molecule has 54 heavy (non-hydrogen) atoms. The van der Waals surface area contributed by atoms with Gasteiger partial charge in [0.15, 0.2) is 0 Å². The van der Waals surface area contributed by atoms with Crippen LogP contribution in [0.3, 0.4) is 0 Å². The van der Waals surface area contributed by atoms with Crippen molar-refractivity contribution in [2.24, 2.45) is 0 Å². The summed E-state index contributed by atoms with van der Waals surface area (Å²) < 4.78 is 4.70. The SMILES string of the molecule is c1ccc(N(c2ccccc2)c2ccc(-n3ccc4c5ccccc5c5ccn(-c6ccc(N(c7ccccc7)c7ccccc7)cc6)c5c43)cc2)cc1. The standard InChI is InChI=1S/C50H36N4/c1-5-15-39(16-6-1)53(40-17-7-2-8-18-40)43-29-25-37(26-30-43)51-35-33-47-45-23-13-14-24-46(45)48-34-36-52(50(48)49(47)51)38-27-31-44(32-28-38)54(41-19-9-3-10-20-41)42-21-11-4-12-22-42/h1-36H. The monoisotopic (exact) mass is 692 g/mol. The molecule has 0 aliphatic rings. The highest BCUT2D eigenvalue weighted by molar-refractivity contribution is 6.24. The smallest absolute Gasteiger partial charge is 0.0783 e. The fraction of sp³-hybridized carbons (Fsp3) is 0. The molecule has 0 amide bonds. The van der Waals surface area contributed by atoms with Crippen LogP contribution in [0.15, 0.2) is 219 Å². The second-order valence-electron chi connectivity index (χ2n) is 13.5. The lowest BCUT2D eigenvalue weighted by Crippen LogP contribution is -2.09. The number of hydrogen-bond acceptors (Lipinski definition) is 2. The second kappa shape index (κ2) is 13.4. The Morgan fingerprint density at radius 1 is 0.241 bits per heavy atom. The summed E-state index contributed by atoms with van der Waals surface area (Å²) in [6.07, 6.45) is 4.44. The van der Waals surface area contributed by atoms with Crippen molar-refractivity contribution in [2.45, 2.75) is 0 Å². The van der Waals surface area contributed by atoms with Crippen molar-refractivity contribution in [3.63, 3.8) is 0 Å². The third kappa shape index (κ3) is 5.40. The van der Waals surface area contributed by atoms with E-state index in [9.17, 15) is 0 Å². The Labute approximate surface area is 314 Å². The van der Waals surface area contributed by atoms with E-state index < -0.39 is 0 Å². The lowest BCUT2D eigenvalue weighted by atomic mass is 10.0. The van der Waals surface area contributed by atoms with Crippen LogP contribution in [0.1, 0.15) is 0 Å². The summed E-state index contributed by atoms with van der Waals surface area (Å²) in [5.41, 5.74) is 11.3. The van der Waals surface area contributed by atoms with Gasteiger partial charge in [-0.15, -0.1) is 0 Å². The van der Waals surface area contributed by atoms with Crippen LogP contribution in [0, 0.1) is 0 Å². The Balaban J connectivity index is 1.11. The average Bonchev–Trinajstić information content (AvgIpc) is 3.89. The van der Waals surface area contributed by atoms with E-state index in [4.69, 9.17) is 0 Å². The van der Waals surface area contributed by atoms with E-state index in [1.807, 2.05) is 0 Å². The van der Waals surface area contributed by atoms with Crippen LogP contribution in [0.5, 0.6) is 0 Å². The van der Waals surface area contributed by atoms with Gasteiger partial charge < -0.3 is 18.9 Å². The van der Waals surface area contributed by atoms with Gasteiger partial charge in [0.2, 0.25) is 0 Å². The highest BCUT2D eigenvalue weighted by Crippen LogP contribution is 2.41. The number of benzene rings is 8. The first kappa shape index (κ1) is 31.4.